The Balaban J connectivity index is 2.15. The highest BCUT2D eigenvalue weighted by Crippen LogP contribution is 2.24. The fraction of sp³-hybridized carbons (Fsp3) is 0.500. The standard InChI is InChI=1S/C12H18N2O3S/c1-17-11-4-2-3-10(7-11)9-14-6-5-12(8-13)18(14,15)16/h2-4,7,12H,5-6,8-9,13H2,1H3/t12-/m1/s1. The van der Waals surface area contributed by atoms with E-state index in [0.717, 1.165) is 11.3 Å². The van der Waals surface area contributed by atoms with Crippen LogP contribution in [0.15, 0.2) is 24.3 Å². The molecule has 0 aliphatic carbocycles. The first-order valence-corrected chi connectivity index (χ1v) is 7.40. The molecule has 18 heavy (non-hydrogen) atoms. The molecule has 1 aliphatic rings. The number of rotatable bonds is 4. The van der Waals surface area contributed by atoms with Crippen molar-refractivity contribution in [3.8, 4) is 5.75 Å². The Kier molecular flexibility index (Phi) is 3.89. The van der Waals surface area contributed by atoms with Gasteiger partial charge in [0.15, 0.2) is 0 Å². The molecular weight excluding hydrogens is 252 g/mol. The van der Waals surface area contributed by atoms with Crippen molar-refractivity contribution in [2.75, 3.05) is 20.2 Å². The van der Waals surface area contributed by atoms with Crippen molar-refractivity contribution in [1.29, 1.82) is 0 Å². The Morgan fingerprint density at radius 2 is 2.28 bits per heavy atom. The third kappa shape index (κ3) is 2.50. The fourth-order valence-corrected chi connectivity index (χ4v) is 3.91. The number of ether oxygens (including phenoxy) is 1. The molecule has 0 unspecified atom stereocenters. The van der Waals surface area contributed by atoms with Crippen molar-refractivity contribution in [3.05, 3.63) is 29.8 Å². The van der Waals surface area contributed by atoms with E-state index >= 15 is 0 Å². The van der Waals surface area contributed by atoms with E-state index in [1.165, 1.54) is 4.31 Å². The first kappa shape index (κ1) is 13.3. The molecule has 1 heterocycles. The van der Waals surface area contributed by atoms with Crippen LogP contribution in [0.3, 0.4) is 0 Å². The maximum absolute atomic E-state index is 12.1. The maximum Gasteiger partial charge on any atom is 0.218 e. The normalized spacial score (nSPS) is 23.1. The highest BCUT2D eigenvalue weighted by atomic mass is 32.2. The van der Waals surface area contributed by atoms with Crippen LogP contribution in [0, 0.1) is 0 Å². The van der Waals surface area contributed by atoms with E-state index in [-0.39, 0.29) is 6.54 Å². The molecule has 0 amide bonds. The Morgan fingerprint density at radius 1 is 1.50 bits per heavy atom. The van der Waals surface area contributed by atoms with Crippen molar-refractivity contribution in [2.24, 2.45) is 5.73 Å². The fourth-order valence-electron chi connectivity index (χ4n) is 2.16. The van der Waals surface area contributed by atoms with Gasteiger partial charge in [-0.25, -0.2) is 8.42 Å². The number of hydrogen-bond donors (Lipinski definition) is 1. The van der Waals surface area contributed by atoms with Gasteiger partial charge >= 0.3 is 0 Å². The molecule has 1 fully saturated rings. The van der Waals surface area contributed by atoms with Crippen molar-refractivity contribution in [3.63, 3.8) is 0 Å². The Bertz CT molecular complexity index is 516. The summed E-state index contributed by atoms with van der Waals surface area (Å²) in [5, 5.41) is -0.428. The predicted molar refractivity (Wildman–Crippen MR) is 69.8 cm³/mol. The molecule has 1 aromatic carbocycles. The highest BCUT2D eigenvalue weighted by molar-refractivity contribution is 7.90. The number of hydrogen-bond acceptors (Lipinski definition) is 4. The summed E-state index contributed by atoms with van der Waals surface area (Å²) in [5.41, 5.74) is 6.41. The van der Waals surface area contributed by atoms with Gasteiger partial charge in [0, 0.05) is 19.6 Å². The van der Waals surface area contributed by atoms with Gasteiger partial charge in [0.2, 0.25) is 10.0 Å². The molecule has 6 heteroatoms. The smallest absolute Gasteiger partial charge is 0.218 e. The van der Waals surface area contributed by atoms with E-state index < -0.39 is 15.3 Å². The molecule has 0 bridgehead atoms. The molecule has 1 saturated heterocycles. The zero-order valence-corrected chi connectivity index (χ0v) is 11.2. The lowest BCUT2D eigenvalue weighted by atomic mass is 10.2. The highest BCUT2D eigenvalue weighted by Gasteiger charge is 2.37. The zero-order chi connectivity index (χ0) is 13.2. The van der Waals surface area contributed by atoms with E-state index in [9.17, 15) is 8.42 Å². The van der Waals surface area contributed by atoms with Crippen molar-refractivity contribution in [2.45, 2.75) is 18.2 Å². The van der Waals surface area contributed by atoms with E-state index in [0.29, 0.717) is 19.5 Å². The topological polar surface area (TPSA) is 72.6 Å². The van der Waals surface area contributed by atoms with E-state index in [1.807, 2.05) is 24.3 Å². The molecule has 0 spiro atoms. The van der Waals surface area contributed by atoms with Crippen molar-refractivity contribution < 1.29 is 13.2 Å². The van der Waals surface area contributed by atoms with Gasteiger partial charge in [-0.1, -0.05) is 12.1 Å². The van der Waals surface area contributed by atoms with Crippen LogP contribution in [0.2, 0.25) is 0 Å². The number of nitrogens with zero attached hydrogens (tertiary/aromatic N) is 1. The number of nitrogens with two attached hydrogens (primary N) is 1. The minimum absolute atomic E-state index is 0.191. The lowest BCUT2D eigenvalue weighted by Crippen LogP contribution is -2.32. The van der Waals surface area contributed by atoms with Gasteiger partial charge in [0.05, 0.1) is 12.4 Å². The number of benzene rings is 1. The molecule has 100 valence electrons. The lowest BCUT2D eigenvalue weighted by Gasteiger charge is -2.16. The molecular formula is C12H18N2O3S. The molecule has 0 aromatic heterocycles. The monoisotopic (exact) mass is 270 g/mol. The van der Waals surface area contributed by atoms with Gasteiger partial charge in [0.25, 0.3) is 0 Å². The van der Waals surface area contributed by atoms with Crippen LogP contribution in [0.5, 0.6) is 5.75 Å². The van der Waals surface area contributed by atoms with Gasteiger partial charge < -0.3 is 10.5 Å². The Hall–Kier alpha value is -1.11. The van der Waals surface area contributed by atoms with E-state index in [4.69, 9.17) is 10.5 Å². The van der Waals surface area contributed by atoms with Gasteiger partial charge in [-0.15, -0.1) is 0 Å². The summed E-state index contributed by atoms with van der Waals surface area (Å²) in [6, 6.07) is 7.45. The molecule has 1 atom stereocenters. The maximum atomic E-state index is 12.1. The third-order valence-corrected chi connectivity index (χ3v) is 5.54. The molecule has 0 saturated carbocycles. The summed E-state index contributed by atoms with van der Waals surface area (Å²) in [5.74, 6) is 0.736. The second kappa shape index (κ2) is 5.26. The van der Waals surface area contributed by atoms with E-state index in [2.05, 4.69) is 0 Å². The SMILES string of the molecule is COc1cccc(CN2CC[C@H](CN)S2(=O)=O)c1. The second-order valence-corrected chi connectivity index (χ2v) is 6.59. The lowest BCUT2D eigenvalue weighted by molar-refractivity contribution is 0.410. The summed E-state index contributed by atoms with van der Waals surface area (Å²) in [6.07, 6.45) is 0.614. The molecule has 1 aromatic rings. The van der Waals surface area contributed by atoms with Crippen LogP contribution in [0.25, 0.3) is 0 Å². The van der Waals surface area contributed by atoms with Crippen LogP contribution in [0.1, 0.15) is 12.0 Å². The van der Waals surface area contributed by atoms with Gasteiger partial charge in [0.1, 0.15) is 5.75 Å². The minimum Gasteiger partial charge on any atom is -0.497 e. The summed E-state index contributed by atoms with van der Waals surface area (Å²) in [4.78, 5) is 0. The van der Waals surface area contributed by atoms with Crippen molar-refractivity contribution >= 4 is 10.0 Å². The molecule has 2 N–H and O–H groups in total. The van der Waals surface area contributed by atoms with Gasteiger partial charge in [-0.3, -0.25) is 0 Å². The molecule has 0 radical (unpaired) electrons. The average molecular weight is 270 g/mol. The van der Waals surface area contributed by atoms with Crippen LogP contribution in [-0.4, -0.2) is 38.2 Å². The minimum atomic E-state index is -3.23. The third-order valence-electron chi connectivity index (χ3n) is 3.24. The number of sulfonamides is 1. The first-order chi connectivity index (χ1) is 8.57. The Labute approximate surface area is 108 Å². The summed E-state index contributed by atoms with van der Waals surface area (Å²) in [7, 11) is -1.63. The van der Waals surface area contributed by atoms with Crippen molar-refractivity contribution in [1.82, 2.24) is 4.31 Å². The van der Waals surface area contributed by atoms with Gasteiger partial charge in [-0.2, -0.15) is 4.31 Å². The average Bonchev–Trinajstić information content (AvgIpc) is 2.65. The van der Waals surface area contributed by atoms with Crippen LogP contribution < -0.4 is 10.5 Å². The van der Waals surface area contributed by atoms with Crippen LogP contribution >= 0.6 is 0 Å². The second-order valence-electron chi connectivity index (χ2n) is 4.38. The molecule has 1 aliphatic heterocycles. The van der Waals surface area contributed by atoms with E-state index in [1.54, 1.807) is 7.11 Å². The largest absolute Gasteiger partial charge is 0.497 e. The number of methoxy groups -OCH3 is 1. The summed E-state index contributed by atoms with van der Waals surface area (Å²) < 4.78 is 30.8. The first-order valence-electron chi connectivity index (χ1n) is 5.90. The van der Waals surface area contributed by atoms with Crippen LogP contribution in [-0.2, 0) is 16.6 Å². The molecule has 2 rings (SSSR count). The Morgan fingerprint density at radius 3 is 2.89 bits per heavy atom. The van der Waals surface area contributed by atoms with Gasteiger partial charge in [-0.05, 0) is 24.1 Å². The summed E-state index contributed by atoms with van der Waals surface area (Å²) in [6.45, 7) is 1.12. The van der Waals surface area contributed by atoms with Crippen LogP contribution in [0.4, 0.5) is 0 Å². The predicted octanol–water partition coefficient (Wildman–Crippen LogP) is 0.558. The summed E-state index contributed by atoms with van der Waals surface area (Å²) >= 11 is 0. The quantitative estimate of drug-likeness (QED) is 0.867. The zero-order valence-electron chi connectivity index (χ0n) is 10.4. The molecule has 5 nitrogen and oxygen atoms in total.